The molecule has 0 saturated heterocycles. The van der Waals surface area contributed by atoms with Gasteiger partial charge in [0.25, 0.3) is 0 Å². The van der Waals surface area contributed by atoms with Crippen LogP contribution in [0.25, 0.3) is 5.69 Å². The lowest BCUT2D eigenvalue weighted by Crippen LogP contribution is -2.25. The van der Waals surface area contributed by atoms with Crippen LogP contribution in [0.2, 0.25) is 0 Å². The van der Waals surface area contributed by atoms with Crippen LogP contribution < -0.4 is 11.4 Å². The van der Waals surface area contributed by atoms with E-state index in [1.165, 1.54) is 28.8 Å². The van der Waals surface area contributed by atoms with Crippen molar-refractivity contribution in [3.63, 3.8) is 0 Å². The minimum Gasteiger partial charge on any atom is -0.321 e. The Kier molecular flexibility index (Phi) is 3.80. The minimum atomic E-state index is -0.375. The maximum absolute atomic E-state index is 12.9. The molecule has 1 heterocycles. The SMILES string of the molecule is CC[C@H](C)[C@H](N)c1n[nH]c(=O)n1-c1ccc(F)cc1. The number of aromatic nitrogens is 3. The molecule has 0 aliphatic rings. The number of nitrogens with zero attached hydrogens (tertiary/aromatic N) is 2. The first-order valence-corrected chi connectivity index (χ1v) is 6.23. The third-order valence-electron chi connectivity index (χ3n) is 3.34. The maximum atomic E-state index is 12.9. The number of hydrogen-bond donors (Lipinski definition) is 2. The van der Waals surface area contributed by atoms with Gasteiger partial charge in [0.15, 0.2) is 5.82 Å². The van der Waals surface area contributed by atoms with Gasteiger partial charge in [0.05, 0.1) is 11.7 Å². The van der Waals surface area contributed by atoms with Crippen LogP contribution in [0.4, 0.5) is 4.39 Å². The van der Waals surface area contributed by atoms with Crippen molar-refractivity contribution in [1.29, 1.82) is 0 Å². The molecule has 102 valence electrons. The predicted molar refractivity (Wildman–Crippen MR) is 70.5 cm³/mol. The first-order valence-electron chi connectivity index (χ1n) is 6.23. The molecule has 0 aliphatic heterocycles. The minimum absolute atomic E-state index is 0.189. The fourth-order valence-electron chi connectivity index (χ4n) is 1.88. The molecule has 19 heavy (non-hydrogen) atoms. The quantitative estimate of drug-likeness (QED) is 0.883. The van der Waals surface area contributed by atoms with E-state index in [1.807, 2.05) is 13.8 Å². The average molecular weight is 264 g/mol. The van der Waals surface area contributed by atoms with Gasteiger partial charge >= 0.3 is 5.69 Å². The highest BCUT2D eigenvalue weighted by molar-refractivity contribution is 5.33. The molecule has 0 saturated carbocycles. The van der Waals surface area contributed by atoms with E-state index in [1.54, 1.807) is 0 Å². The van der Waals surface area contributed by atoms with Crippen LogP contribution in [0.5, 0.6) is 0 Å². The lowest BCUT2D eigenvalue weighted by Gasteiger charge is -2.18. The van der Waals surface area contributed by atoms with Gasteiger partial charge in [-0.3, -0.25) is 0 Å². The Bertz CT molecular complexity index is 602. The van der Waals surface area contributed by atoms with Gasteiger partial charge in [0.2, 0.25) is 0 Å². The van der Waals surface area contributed by atoms with Gasteiger partial charge < -0.3 is 5.73 Å². The van der Waals surface area contributed by atoms with Gasteiger partial charge in [-0.2, -0.15) is 5.10 Å². The van der Waals surface area contributed by atoms with Crippen LogP contribution >= 0.6 is 0 Å². The maximum Gasteiger partial charge on any atom is 0.347 e. The van der Waals surface area contributed by atoms with Gasteiger partial charge in [-0.15, -0.1) is 0 Å². The van der Waals surface area contributed by atoms with Crippen molar-refractivity contribution in [2.45, 2.75) is 26.3 Å². The van der Waals surface area contributed by atoms with Crippen molar-refractivity contribution in [3.8, 4) is 5.69 Å². The summed E-state index contributed by atoms with van der Waals surface area (Å²) in [6, 6.07) is 5.30. The highest BCUT2D eigenvalue weighted by Crippen LogP contribution is 2.21. The van der Waals surface area contributed by atoms with E-state index in [0.29, 0.717) is 11.5 Å². The monoisotopic (exact) mass is 264 g/mol. The molecule has 0 spiro atoms. The van der Waals surface area contributed by atoms with Crippen molar-refractivity contribution in [2.24, 2.45) is 11.7 Å². The molecule has 0 unspecified atom stereocenters. The van der Waals surface area contributed by atoms with Crippen molar-refractivity contribution in [1.82, 2.24) is 14.8 Å². The second kappa shape index (κ2) is 5.36. The first kappa shape index (κ1) is 13.5. The van der Waals surface area contributed by atoms with Crippen LogP contribution in [0.15, 0.2) is 29.1 Å². The molecule has 1 aromatic heterocycles. The highest BCUT2D eigenvalue weighted by Gasteiger charge is 2.21. The standard InChI is InChI=1S/C13H17FN4O/c1-3-8(2)11(15)12-16-17-13(19)18(12)10-6-4-9(14)5-7-10/h4-8,11H,3,15H2,1-2H3,(H,17,19)/t8-,11-/m0/s1. The Morgan fingerprint density at radius 2 is 2.05 bits per heavy atom. The third-order valence-corrected chi connectivity index (χ3v) is 3.34. The van der Waals surface area contributed by atoms with Crippen LogP contribution in [0.3, 0.4) is 0 Å². The second-order valence-corrected chi connectivity index (χ2v) is 4.61. The lowest BCUT2D eigenvalue weighted by molar-refractivity contribution is 0.433. The van der Waals surface area contributed by atoms with Crippen LogP contribution in [0, 0.1) is 11.7 Å². The number of nitrogens with one attached hydrogen (secondary N) is 1. The summed E-state index contributed by atoms with van der Waals surface area (Å²) < 4.78 is 14.3. The van der Waals surface area contributed by atoms with E-state index in [4.69, 9.17) is 5.73 Å². The zero-order valence-corrected chi connectivity index (χ0v) is 10.9. The van der Waals surface area contributed by atoms with Crippen molar-refractivity contribution >= 4 is 0 Å². The summed E-state index contributed by atoms with van der Waals surface area (Å²) in [6.45, 7) is 4.02. The molecule has 0 bridgehead atoms. The van der Waals surface area contributed by atoms with Crippen molar-refractivity contribution in [2.75, 3.05) is 0 Å². The zero-order valence-electron chi connectivity index (χ0n) is 10.9. The number of aromatic amines is 1. The molecular formula is C13H17FN4O. The van der Waals surface area contributed by atoms with Crippen molar-refractivity contribution in [3.05, 3.63) is 46.4 Å². The fourth-order valence-corrected chi connectivity index (χ4v) is 1.88. The number of benzene rings is 1. The Labute approximate surface area is 110 Å². The molecule has 2 aromatic rings. The molecule has 0 aliphatic carbocycles. The Balaban J connectivity index is 2.49. The summed E-state index contributed by atoms with van der Waals surface area (Å²) in [5.41, 5.74) is 6.29. The molecule has 2 atom stereocenters. The Morgan fingerprint density at radius 1 is 1.42 bits per heavy atom. The van der Waals surface area contributed by atoms with Gasteiger partial charge in [-0.25, -0.2) is 18.9 Å². The summed E-state index contributed by atoms with van der Waals surface area (Å²) in [4.78, 5) is 11.8. The summed E-state index contributed by atoms with van der Waals surface area (Å²) in [5, 5.41) is 6.38. The lowest BCUT2D eigenvalue weighted by atomic mass is 9.99. The molecule has 0 fully saturated rings. The Hall–Kier alpha value is -1.95. The number of nitrogens with two attached hydrogens (primary N) is 1. The summed E-state index contributed by atoms with van der Waals surface area (Å²) in [6.07, 6.45) is 0.881. The summed E-state index contributed by atoms with van der Waals surface area (Å²) in [7, 11) is 0. The predicted octanol–water partition coefficient (Wildman–Crippen LogP) is 1.75. The van der Waals surface area contributed by atoms with Crippen molar-refractivity contribution < 1.29 is 4.39 Å². The zero-order chi connectivity index (χ0) is 14.0. The molecular weight excluding hydrogens is 247 g/mol. The van der Waals surface area contributed by atoms with Gasteiger partial charge in [0.1, 0.15) is 5.82 Å². The molecule has 1 aromatic carbocycles. The van der Waals surface area contributed by atoms with E-state index in [-0.39, 0.29) is 23.5 Å². The molecule has 0 amide bonds. The number of rotatable bonds is 4. The normalized spacial score (nSPS) is 14.3. The highest BCUT2D eigenvalue weighted by atomic mass is 19.1. The number of hydrogen-bond acceptors (Lipinski definition) is 3. The van der Waals surface area contributed by atoms with Gasteiger partial charge in [-0.1, -0.05) is 20.3 Å². The van der Waals surface area contributed by atoms with Gasteiger partial charge in [-0.05, 0) is 30.2 Å². The van der Waals surface area contributed by atoms with E-state index in [0.717, 1.165) is 6.42 Å². The molecule has 0 radical (unpaired) electrons. The smallest absolute Gasteiger partial charge is 0.321 e. The largest absolute Gasteiger partial charge is 0.347 e. The van der Waals surface area contributed by atoms with Crippen LogP contribution in [-0.2, 0) is 0 Å². The molecule has 2 rings (SSSR count). The third kappa shape index (κ3) is 2.58. The molecule has 5 nitrogen and oxygen atoms in total. The topological polar surface area (TPSA) is 76.7 Å². The van der Waals surface area contributed by atoms with E-state index < -0.39 is 0 Å². The summed E-state index contributed by atoms with van der Waals surface area (Å²) >= 11 is 0. The van der Waals surface area contributed by atoms with Gasteiger partial charge in [0, 0.05) is 0 Å². The number of halogens is 1. The van der Waals surface area contributed by atoms with E-state index in [9.17, 15) is 9.18 Å². The molecule has 6 heteroatoms. The second-order valence-electron chi connectivity index (χ2n) is 4.61. The fraction of sp³-hybridized carbons (Fsp3) is 0.385. The van der Waals surface area contributed by atoms with E-state index >= 15 is 0 Å². The number of H-pyrrole nitrogens is 1. The van der Waals surface area contributed by atoms with Crippen LogP contribution in [0.1, 0.15) is 32.1 Å². The van der Waals surface area contributed by atoms with Crippen LogP contribution in [-0.4, -0.2) is 14.8 Å². The van der Waals surface area contributed by atoms with E-state index in [2.05, 4.69) is 10.2 Å². The average Bonchev–Trinajstić information content (AvgIpc) is 2.80. The Morgan fingerprint density at radius 3 is 2.63 bits per heavy atom. The molecule has 3 N–H and O–H groups in total. The summed E-state index contributed by atoms with van der Waals surface area (Å²) in [5.74, 6) is 0.299. The first-order chi connectivity index (χ1) is 9.04.